The van der Waals surface area contributed by atoms with Gasteiger partial charge in [0.15, 0.2) is 5.78 Å². The van der Waals surface area contributed by atoms with Crippen molar-refractivity contribution in [2.75, 3.05) is 0 Å². The summed E-state index contributed by atoms with van der Waals surface area (Å²) in [7, 11) is 0. The van der Waals surface area contributed by atoms with Crippen molar-refractivity contribution in [2.24, 2.45) is 5.41 Å². The third-order valence-corrected chi connectivity index (χ3v) is 4.15. The van der Waals surface area contributed by atoms with Gasteiger partial charge in [-0.2, -0.15) is 5.26 Å². The third kappa shape index (κ3) is 4.29. The Labute approximate surface area is 152 Å². The van der Waals surface area contributed by atoms with Crippen molar-refractivity contribution in [3.05, 3.63) is 63.4 Å². The molecule has 0 spiro atoms. The van der Waals surface area contributed by atoms with Crippen molar-refractivity contribution in [2.45, 2.75) is 27.3 Å². The van der Waals surface area contributed by atoms with Crippen LogP contribution in [0.4, 0.5) is 0 Å². The number of rotatable bonds is 4. The zero-order valence-electron chi connectivity index (χ0n) is 13.8. The second-order valence-corrected chi connectivity index (χ2v) is 7.39. The molecular formula is C19H18Cl2N2O. The van der Waals surface area contributed by atoms with E-state index in [-0.39, 0.29) is 11.4 Å². The average molecular weight is 361 g/mol. The number of benzene rings is 1. The lowest BCUT2D eigenvalue weighted by atomic mass is 9.86. The van der Waals surface area contributed by atoms with Crippen LogP contribution in [0, 0.1) is 16.7 Å². The first-order valence-electron chi connectivity index (χ1n) is 7.48. The van der Waals surface area contributed by atoms with Crippen LogP contribution in [0.3, 0.4) is 0 Å². The van der Waals surface area contributed by atoms with Gasteiger partial charge in [0.1, 0.15) is 6.07 Å². The van der Waals surface area contributed by atoms with E-state index in [4.69, 9.17) is 23.2 Å². The fourth-order valence-electron chi connectivity index (χ4n) is 2.24. The minimum atomic E-state index is -0.599. The molecule has 24 heavy (non-hydrogen) atoms. The van der Waals surface area contributed by atoms with Crippen LogP contribution in [-0.4, -0.2) is 10.4 Å². The van der Waals surface area contributed by atoms with Crippen LogP contribution >= 0.6 is 23.2 Å². The first kappa shape index (κ1) is 18.3. The normalized spacial score (nSPS) is 12.1. The van der Waals surface area contributed by atoms with E-state index in [1.54, 1.807) is 39.0 Å². The molecule has 0 aliphatic carbocycles. The van der Waals surface area contributed by atoms with Gasteiger partial charge in [0.05, 0.1) is 5.57 Å². The van der Waals surface area contributed by atoms with Gasteiger partial charge >= 0.3 is 0 Å². The van der Waals surface area contributed by atoms with E-state index in [0.717, 1.165) is 11.3 Å². The van der Waals surface area contributed by atoms with Gasteiger partial charge < -0.3 is 4.57 Å². The molecule has 0 unspecified atom stereocenters. The highest BCUT2D eigenvalue weighted by molar-refractivity contribution is 6.35. The molecule has 5 heteroatoms. The quantitative estimate of drug-likeness (QED) is 0.543. The second-order valence-electron chi connectivity index (χ2n) is 6.55. The Hall–Kier alpha value is -2.02. The summed E-state index contributed by atoms with van der Waals surface area (Å²) in [6.07, 6.45) is 3.50. The SMILES string of the molecule is CC(C)(C)C(=O)/C(C#N)=C\c1cccn1Cc1ccc(Cl)cc1Cl. The summed E-state index contributed by atoms with van der Waals surface area (Å²) >= 11 is 12.1. The summed E-state index contributed by atoms with van der Waals surface area (Å²) in [5.41, 5.74) is 1.23. The molecular weight excluding hydrogens is 343 g/mol. The Morgan fingerprint density at radius 2 is 2.00 bits per heavy atom. The number of hydrogen-bond donors (Lipinski definition) is 0. The van der Waals surface area contributed by atoms with E-state index in [1.165, 1.54) is 0 Å². The fraction of sp³-hybridized carbons (Fsp3) is 0.263. The van der Waals surface area contributed by atoms with Gasteiger partial charge in [0, 0.05) is 33.9 Å². The molecule has 1 heterocycles. The summed E-state index contributed by atoms with van der Waals surface area (Å²) in [6, 6.07) is 11.1. The standard InChI is InChI=1S/C19H18Cl2N2O/c1-19(2,3)18(24)14(11-22)9-16-5-4-8-23(16)12-13-6-7-15(20)10-17(13)21/h4-10H,12H2,1-3H3/b14-9-. The second kappa shape index (κ2) is 7.25. The van der Waals surface area contributed by atoms with Crippen molar-refractivity contribution < 1.29 is 4.79 Å². The number of nitrogens with zero attached hydrogens (tertiary/aromatic N) is 2. The van der Waals surface area contributed by atoms with E-state index >= 15 is 0 Å². The largest absolute Gasteiger partial charge is 0.343 e. The highest BCUT2D eigenvalue weighted by atomic mass is 35.5. The average Bonchev–Trinajstić information content (AvgIpc) is 2.93. The van der Waals surface area contributed by atoms with Crippen LogP contribution in [-0.2, 0) is 11.3 Å². The molecule has 2 aromatic rings. The molecule has 1 aromatic heterocycles. The molecule has 1 aromatic carbocycles. The highest BCUT2D eigenvalue weighted by Crippen LogP contribution is 2.24. The molecule has 124 valence electrons. The van der Waals surface area contributed by atoms with Gasteiger partial charge in [-0.05, 0) is 35.9 Å². The molecule has 0 atom stereocenters. The zero-order valence-corrected chi connectivity index (χ0v) is 15.3. The van der Waals surface area contributed by atoms with Crippen molar-refractivity contribution in [3.8, 4) is 6.07 Å². The number of carbonyl (C=O) groups excluding carboxylic acids is 1. The Morgan fingerprint density at radius 1 is 1.29 bits per heavy atom. The van der Waals surface area contributed by atoms with E-state index < -0.39 is 5.41 Å². The van der Waals surface area contributed by atoms with Crippen molar-refractivity contribution in [3.63, 3.8) is 0 Å². The summed E-state index contributed by atoms with van der Waals surface area (Å²) in [6.45, 7) is 5.92. The van der Waals surface area contributed by atoms with Crippen molar-refractivity contribution in [1.82, 2.24) is 4.57 Å². The smallest absolute Gasteiger partial charge is 0.178 e. The van der Waals surface area contributed by atoms with Gasteiger partial charge in [-0.1, -0.05) is 50.0 Å². The Balaban J connectivity index is 2.35. The number of carbonyl (C=O) groups is 1. The van der Waals surface area contributed by atoms with Crippen LogP contribution in [0.1, 0.15) is 32.0 Å². The van der Waals surface area contributed by atoms with E-state index in [2.05, 4.69) is 0 Å². The van der Waals surface area contributed by atoms with Crippen LogP contribution < -0.4 is 0 Å². The van der Waals surface area contributed by atoms with Crippen LogP contribution in [0.15, 0.2) is 42.1 Å². The summed E-state index contributed by atoms with van der Waals surface area (Å²) in [4.78, 5) is 12.3. The maximum absolute atomic E-state index is 12.3. The number of Topliss-reactive ketones (excluding diaryl/α,β-unsaturated/α-hetero) is 1. The summed E-state index contributed by atoms with van der Waals surface area (Å²) in [5.74, 6) is -0.178. The maximum Gasteiger partial charge on any atom is 0.178 e. The van der Waals surface area contributed by atoms with Gasteiger partial charge in [-0.15, -0.1) is 0 Å². The van der Waals surface area contributed by atoms with E-state index in [1.807, 2.05) is 35.0 Å². The van der Waals surface area contributed by atoms with E-state index in [9.17, 15) is 10.1 Å². The lowest BCUT2D eigenvalue weighted by Gasteiger charge is -2.15. The Kier molecular flexibility index (Phi) is 5.54. The molecule has 0 N–H and O–H groups in total. The fourth-order valence-corrected chi connectivity index (χ4v) is 2.70. The number of nitriles is 1. The molecule has 0 aliphatic rings. The lowest BCUT2D eigenvalue weighted by molar-refractivity contribution is -0.121. The molecule has 0 saturated carbocycles. The monoisotopic (exact) mass is 360 g/mol. The molecule has 3 nitrogen and oxygen atoms in total. The number of hydrogen-bond acceptors (Lipinski definition) is 2. The van der Waals surface area contributed by atoms with E-state index in [0.29, 0.717) is 16.6 Å². The number of allylic oxidation sites excluding steroid dienone is 1. The maximum atomic E-state index is 12.3. The first-order valence-corrected chi connectivity index (χ1v) is 8.23. The minimum Gasteiger partial charge on any atom is -0.343 e. The van der Waals surface area contributed by atoms with Crippen molar-refractivity contribution in [1.29, 1.82) is 5.26 Å². The minimum absolute atomic E-state index is 0.143. The highest BCUT2D eigenvalue weighted by Gasteiger charge is 2.25. The molecule has 0 radical (unpaired) electrons. The lowest BCUT2D eigenvalue weighted by Crippen LogP contribution is -2.21. The van der Waals surface area contributed by atoms with Gasteiger partial charge in [-0.3, -0.25) is 4.79 Å². The third-order valence-electron chi connectivity index (χ3n) is 3.56. The Morgan fingerprint density at radius 3 is 2.58 bits per heavy atom. The Bertz CT molecular complexity index is 836. The topological polar surface area (TPSA) is 45.8 Å². The molecule has 0 aliphatic heterocycles. The molecule has 0 saturated heterocycles. The van der Waals surface area contributed by atoms with Gasteiger partial charge in [-0.25, -0.2) is 0 Å². The molecule has 2 rings (SSSR count). The molecule has 0 bridgehead atoms. The summed E-state index contributed by atoms with van der Waals surface area (Å²) < 4.78 is 1.93. The zero-order chi connectivity index (χ0) is 17.9. The van der Waals surface area contributed by atoms with Gasteiger partial charge in [0.25, 0.3) is 0 Å². The molecule has 0 fully saturated rings. The predicted octanol–water partition coefficient (Wildman–Crippen LogP) is 5.37. The van der Waals surface area contributed by atoms with Crippen molar-refractivity contribution >= 4 is 35.1 Å². The predicted molar refractivity (Wildman–Crippen MR) is 98.0 cm³/mol. The number of ketones is 1. The van der Waals surface area contributed by atoms with Gasteiger partial charge in [0.2, 0.25) is 0 Å². The summed E-state index contributed by atoms with van der Waals surface area (Å²) in [5, 5.41) is 10.5. The van der Waals surface area contributed by atoms with Crippen LogP contribution in [0.2, 0.25) is 10.0 Å². The molecule has 0 amide bonds. The van der Waals surface area contributed by atoms with Crippen LogP contribution in [0.5, 0.6) is 0 Å². The first-order chi connectivity index (χ1) is 11.2. The number of halogens is 2. The van der Waals surface area contributed by atoms with Crippen LogP contribution in [0.25, 0.3) is 6.08 Å². The number of aromatic nitrogens is 1.